The lowest BCUT2D eigenvalue weighted by atomic mass is 10.2. The number of nitrogens with zero attached hydrogens (tertiary/aromatic N) is 2. The molecule has 1 atom stereocenters. The highest BCUT2D eigenvalue weighted by Crippen LogP contribution is 2.12. The van der Waals surface area contributed by atoms with Crippen molar-refractivity contribution in [2.24, 2.45) is 0 Å². The molecule has 1 saturated heterocycles. The Morgan fingerprint density at radius 2 is 2.47 bits per heavy atom. The van der Waals surface area contributed by atoms with Crippen LogP contribution in [0.5, 0.6) is 0 Å². The number of likely N-dealkylation sites (N-methyl/N-ethyl adjacent to an activating group) is 1. The number of halogens is 1. The highest BCUT2D eigenvalue weighted by atomic mass is 79.9. The normalized spacial score (nSPS) is 21.1. The van der Waals surface area contributed by atoms with E-state index in [-0.39, 0.29) is 0 Å². The van der Waals surface area contributed by atoms with Crippen LogP contribution in [-0.4, -0.2) is 36.1 Å². The Balaban J connectivity index is 1.92. The summed E-state index contributed by atoms with van der Waals surface area (Å²) in [6.45, 7) is 3.24. The van der Waals surface area contributed by atoms with Gasteiger partial charge in [-0.05, 0) is 47.6 Å². The van der Waals surface area contributed by atoms with Crippen LogP contribution in [0.3, 0.4) is 0 Å². The summed E-state index contributed by atoms with van der Waals surface area (Å²) in [5.41, 5.74) is 1.27. The summed E-state index contributed by atoms with van der Waals surface area (Å²) in [6, 6.07) is 4.79. The average molecular weight is 270 g/mol. The maximum absolute atomic E-state index is 4.23. The summed E-state index contributed by atoms with van der Waals surface area (Å²) in [6.07, 6.45) is 3.18. The lowest BCUT2D eigenvalue weighted by Gasteiger charge is -2.23. The van der Waals surface area contributed by atoms with Gasteiger partial charge in [0.05, 0.1) is 0 Å². The van der Waals surface area contributed by atoms with Gasteiger partial charge in [0, 0.05) is 25.3 Å². The van der Waals surface area contributed by atoms with Crippen molar-refractivity contribution in [3.63, 3.8) is 0 Å². The summed E-state index contributed by atoms with van der Waals surface area (Å²) < 4.78 is 0.899. The Bertz CT molecular complexity index is 306. The average Bonchev–Trinajstić information content (AvgIpc) is 2.74. The molecule has 0 aliphatic carbocycles. The molecule has 82 valence electrons. The van der Waals surface area contributed by atoms with Gasteiger partial charge >= 0.3 is 0 Å². The first-order valence-corrected chi connectivity index (χ1v) is 6.06. The zero-order valence-electron chi connectivity index (χ0n) is 8.91. The topological polar surface area (TPSA) is 28.2 Å². The third-order valence-electron chi connectivity index (χ3n) is 2.88. The number of hydrogen-bond acceptors (Lipinski definition) is 3. The zero-order valence-corrected chi connectivity index (χ0v) is 10.5. The van der Waals surface area contributed by atoms with Gasteiger partial charge in [-0.25, -0.2) is 4.98 Å². The number of hydrogen-bond donors (Lipinski definition) is 1. The predicted molar refractivity (Wildman–Crippen MR) is 64.7 cm³/mol. The SMILES string of the molecule is CN(Cc1ccc(Br)nc1)[C@@H]1CCNC1. The first-order chi connectivity index (χ1) is 7.25. The van der Waals surface area contributed by atoms with Crippen LogP contribution in [0, 0.1) is 0 Å². The van der Waals surface area contributed by atoms with E-state index in [4.69, 9.17) is 0 Å². The van der Waals surface area contributed by atoms with E-state index in [0.717, 1.165) is 24.2 Å². The van der Waals surface area contributed by atoms with Crippen molar-refractivity contribution >= 4 is 15.9 Å². The van der Waals surface area contributed by atoms with Crippen molar-refractivity contribution in [2.75, 3.05) is 20.1 Å². The van der Waals surface area contributed by atoms with Gasteiger partial charge in [0.15, 0.2) is 0 Å². The Hall–Kier alpha value is -0.450. The van der Waals surface area contributed by atoms with Crippen molar-refractivity contribution < 1.29 is 0 Å². The lowest BCUT2D eigenvalue weighted by Crippen LogP contribution is -2.32. The van der Waals surface area contributed by atoms with Gasteiger partial charge in [0.25, 0.3) is 0 Å². The molecule has 2 rings (SSSR count). The third-order valence-corrected chi connectivity index (χ3v) is 3.35. The Morgan fingerprint density at radius 3 is 3.07 bits per heavy atom. The zero-order chi connectivity index (χ0) is 10.7. The second kappa shape index (κ2) is 5.05. The van der Waals surface area contributed by atoms with Crippen LogP contribution in [-0.2, 0) is 6.54 Å². The minimum atomic E-state index is 0.675. The fourth-order valence-corrected chi connectivity index (χ4v) is 2.17. The van der Waals surface area contributed by atoms with Crippen molar-refractivity contribution in [1.82, 2.24) is 15.2 Å². The van der Waals surface area contributed by atoms with Crippen LogP contribution >= 0.6 is 15.9 Å². The summed E-state index contributed by atoms with van der Waals surface area (Å²) in [4.78, 5) is 6.63. The van der Waals surface area contributed by atoms with E-state index in [1.54, 1.807) is 0 Å². The van der Waals surface area contributed by atoms with E-state index in [2.05, 4.69) is 44.2 Å². The molecule has 0 spiro atoms. The summed E-state index contributed by atoms with van der Waals surface area (Å²) >= 11 is 3.34. The maximum atomic E-state index is 4.23. The molecule has 0 bridgehead atoms. The molecular weight excluding hydrogens is 254 g/mol. The van der Waals surface area contributed by atoms with Crippen LogP contribution in [0.15, 0.2) is 22.9 Å². The van der Waals surface area contributed by atoms with Crippen molar-refractivity contribution in [3.8, 4) is 0 Å². The molecule has 1 aromatic rings. The second-order valence-corrected chi connectivity index (χ2v) is 4.86. The molecule has 0 aromatic carbocycles. The van der Waals surface area contributed by atoms with Gasteiger partial charge in [-0.15, -0.1) is 0 Å². The largest absolute Gasteiger partial charge is 0.315 e. The highest BCUT2D eigenvalue weighted by molar-refractivity contribution is 9.10. The molecule has 0 amide bonds. The molecule has 2 heterocycles. The molecule has 1 aliphatic heterocycles. The summed E-state index contributed by atoms with van der Waals surface area (Å²) in [7, 11) is 2.18. The van der Waals surface area contributed by atoms with Gasteiger partial charge in [-0.3, -0.25) is 4.90 Å². The number of aromatic nitrogens is 1. The molecule has 1 fully saturated rings. The molecular formula is C11H16BrN3. The van der Waals surface area contributed by atoms with E-state index in [9.17, 15) is 0 Å². The summed E-state index contributed by atoms with van der Waals surface area (Å²) in [5, 5.41) is 3.38. The third kappa shape index (κ3) is 3.00. The van der Waals surface area contributed by atoms with Crippen molar-refractivity contribution in [2.45, 2.75) is 19.0 Å². The van der Waals surface area contributed by atoms with E-state index in [1.165, 1.54) is 12.0 Å². The number of pyridine rings is 1. The van der Waals surface area contributed by atoms with Crippen LogP contribution in [0.4, 0.5) is 0 Å². The number of rotatable bonds is 3. The van der Waals surface area contributed by atoms with E-state index < -0.39 is 0 Å². The van der Waals surface area contributed by atoms with Crippen LogP contribution in [0.2, 0.25) is 0 Å². The molecule has 0 saturated carbocycles. The Kier molecular flexibility index (Phi) is 3.72. The first-order valence-electron chi connectivity index (χ1n) is 5.27. The molecule has 3 nitrogen and oxygen atoms in total. The quantitative estimate of drug-likeness (QED) is 0.846. The molecule has 4 heteroatoms. The van der Waals surface area contributed by atoms with Crippen LogP contribution in [0.1, 0.15) is 12.0 Å². The standard InChI is InChI=1S/C11H16BrN3/c1-15(10-4-5-13-7-10)8-9-2-3-11(12)14-6-9/h2-3,6,10,13H,4-5,7-8H2,1H3/t10-/m1/s1. The van der Waals surface area contributed by atoms with Gasteiger partial charge < -0.3 is 5.32 Å². The smallest absolute Gasteiger partial charge is 0.106 e. The Morgan fingerprint density at radius 1 is 1.60 bits per heavy atom. The van der Waals surface area contributed by atoms with Gasteiger partial charge in [0.2, 0.25) is 0 Å². The lowest BCUT2D eigenvalue weighted by molar-refractivity contribution is 0.248. The molecule has 15 heavy (non-hydrogen) atoms. The minimum Gasteiger partial charge on any atom is -0.315 e. The number of nitrogens with one attached hydrogen (secondary N) is 1. The first kappa shape index (κ1) is 11.0. The van der Waals surface area contributed by atoms with Gasteiger partial charge in [0.1, 0.15) is 4.60 Å². The van der Waals surface area contributed by atoms with E-state index in [0.29, 0.717) is 6.04 Å². The maximum Gasteiger partial charge on any atom is 0.106 e. The van der Waals surface area contributed by atoms with Gasteiger partial charge in [-0.1, -0.05) is 6.07 Å². The molecule has 1 aliphatic rings. The monoisotopic (exact) mass is 269 g/mol. The Labute approximate surface area is 99.0 Å². The van der Waals surface area contributed by atoms with E-state index in [1.807, 2.05) is 12.3 Å². The fourth-order valence-electron chi connectivity index (χ4n) is 1.93. The molecule has 1 N–H and O–H groups in total. The van der Waals surface area contributed by atoms with Crippen molar-refractivity contribution in [1.29, 1.82) is 0 Å². The van der Waals surface area contributed by atoms with Gasteiger partial charge in [-0.2, -0.15) is 0 Å². The van der Waals surface area contributed by atoms with Crippen LogP contribution < -0.4 is 5.32 Å². The molecule has 0 radical (unpaired) electrons. The second-order valence-electron chi connectivity index (χ2n) is 4.05. The molecule has 0 unspecified atom stereocenters. The minimum absolute atomic E-state index is 0.675. The van der Waals surface area contributed by atoms with E-state index >= 15 is 0 Å². The van der Waals surface area contributed by atoms with Crippen molar-refractivity contribution in [3.05, 3.63) is 28.5 Å². The predicted octanol–water partition coefficient (Wildman–Crippen LogP) is 1.64. The molecule has 1 aromatic heterocycles. The van der Waals surface area contributed by atoms with Crippen LogP contribution in [0.25, 0.3) is 0 Å². The fraction of sp³-hybridized carbons (Fsp3) is 0.545. The summed E-state index contributed by atoms with van der Waals surface area (Å²) in [5.74, 6) is 0. The highest BCUT2D eigenvalue weighted by Gasteiger charge is 2.18.